The molecule has 0 saturated carbocycles. The number of rotatable bonds is 4. The molecule has 1 fully saturated rings. The number of para-hydroxylation sites is 1. The summed E-state index contributed by atoms with van der Waals surface area (Å²) in [6.45, 7) is 6.93. The first-order chi connectivity index (χ1) is 9.16. The van der Waals surface area contributed by atoms with E-state index in [1.165, 1.54) is 24.8 Å². The topological polar surface area (TPSA) is 32.3 Å². The minimum absolute atomic E-state index is 0.106. The van der Waals surface area contributed by atoms with Gasteiger partial charge in [0.15, 0.2) is 0 Å². The van der Waals surface area contributed by atoms with Crippen LogP contribution in [0, 0.1) is 0 Å². The van der Waals surface area contributed by atoms with Gasteiger partial charge in [0.1, 0.15) is 0 Å². The van der Waals surface area contributed by atoms with Crippen LogP contribution in [0.2, 0.25) is 0 Å². The van der Waals surface area contributed by atoms with Crippen molar-refractivity contribution in [2.24, 2.45) is 0 Å². The van der Waals surface area contributed by atoms with Crippen LogP contribution < -0.4 is 5.32 Å². The van der Waals surface area contributed by atoms with Crippen molar-refractivity contribution >= 4 is 11.6 Å². The minimum Gasteiger partial charge on any atom is -0.325 e. The number of carbonyl (C=O) groups excluding carboxylic acids is 1. The van der Waals surface area contributed by atoms with Crippen LogP contribution in [-0.4, -0.2) is 30.4 Å². The van der Waals surface area contributed by atoms with Crippen molar-refractivity contribution in [1.82, 2.24) is 4.90 Å². The lowest BCUT2D eigenvalue weighted by atomic mass is 10.0. The van der Waals surface area contributed by atoms with Crippen molar-refractivity contribution in [3.8, 4) is 0 Å². The molecule has 1 saturated heterocycles. The van der Waals surface area contributed by atoms with Gasteiger partial charge in [-0.1, -0.05) is 38.5 Å². The van der Waals surface area contributed by atoms with Gasteiger partial charge in [-0.25, -0.2) is 0 Å². The Morgan fingerprint density at radius 1 is 1.21 bits per heavy atom. The van der Waals surface area contributed by atoms with Crippen molar-refractivity contribution in [2.45, 2.75) is 39.0 Å². The second-order valence-corrected chi connectivity index (χ2v) is 5.63. The van der Waals surface area contributed by atoms with E-state index in [0.29, 0.717) is 12.5 Å². The van der Waals surface area contributed by atoms with Gasteiger partial charge >= 0.3 is 0 Å². The normalized spacial score (nSPS) is 16.6. The Kier molecular flexibility index (Phi) is 4.97. The van der Waals surface area contributed by atoms with Crippen LogP contribution in [0.1, 0.15) is 44.6 Å². The number of benzene rings is 1. The molecule has 1 N–H and O–H groups in total. The predicted molar refractivity (Wildman–Crippen MR) is 79.5 cm³/mol. The molecule has 1 heterocycles. The minimum atomic E-state index is 0.106. The first kappa shape index (κ1) is 14.1. The van der Waals surface area contributed by atoms with Crippen molar-refractivity contribution < 1.29 is 4.79 Å². The molecule has 0 aliphatic carbocycles. The molecule has 3 heteroatoms. The van der Waals surface area contributed by atoms with E-state index in [0.717, 1.165) is 18.8 Å². The van der Waals surface area contributed by atoms with Gasteiger partial charge in [0.05, 0.1) is 6.54 Å². The summed E-state index contributed by atoms with van der Waals surface area (Å²) in [5, 5.41) is 3.06. The number of amides is 1. The van der Waals surface area contributed by atoms with Gasteiger partial charge in [-0.2, -0.15) is 0 Å². The SMILES string of the molecule is CC(C)c1ccccc1NC(=O)CN1CCCCC1. The highest BCUT2D eigenvalue weighted by Gasteiger charge is 2.15. The van der Waals surface area contributed by atoms with E-state index in [-0.39, 0.29) is 5.91 Å². The number of nitrogens with zero attached hydrogens (tertiary/aromatic N) is 1. The lowest BCUT2D eigenvalue weighted by Crippen LogP contribution is -2.37. The maximum atomic E-state index is 12.1. The van der Waals surface area contributed by atoms with E-state index >= 15 is 0 Å². The summed E-state index contributed by atoms with van der Waals surface area (Å²) in [6.07, 6.45) is 3.74. The van der Waals surface area contributed by atoms with Crippen molar-refractivity contribution in [3.63, 3.8) is 0 Å². The van der Waals surface area contributed by atoms with Gasteiger partial charge in [-0.15, -0.1) is 0 Å². The zero-order chi connectivity index (χ0) is 13.7. The lowest BCUT2D eigenvalue weighted by Gasteiger charge is -2.25. The molecule has 2 rings (SSSR count). The van der Waals surface area contributed by atoms with E-state index in [2.05, 4.69) is 30.1 Å². The molecule has 1 amide bonds. The summed E-state index contributed by atoms with van der Waals surface area (Å²) < 4.78 is 0. The summed E-state index contributed by atoms with van der Waals surface area (Å²) in [6, 6.07) is 8.07. The third-order valence-corrected chi connectivity index (χ3v) is 3.67. The quantitative estimate of drug-likeness (QED) is 0.901. The molecule has 1 aliphatic rings. The zero-order valence-corrected chi connectivity index (χ0v) is 12.0. The van der Waals surface area contributed by atoms with Crippen LogP contribution in [-0.2, 0) is 4.79 Å². The van der Waals surface area contributed by atoms with E-state index < -0.39 is 0 Å². The van der Waals surface area contributed by atoms with Crippen LogP contribution in [0.5, 0.6) is 0 Å². The van der Waals surface area contributed by atoms with Crippen LogP contribution in [0.4, 0.5) is 5.69 Å². The van der Waals surface area contributed by atoms with Crippen LogP contribution >= 0.6 is 0 Å². The highest BCUT2D eigenvalue weighted by molar-refractivity contribution is 5.93. The Morgan fingerprint density at radius 2 is 1.89 bits per heavy atom. The van der Waals surface area contributed by atoms with Gasteiger partial charge in [0.2, 0.25) is 5.91 Å². The van der Waals surface area contributed by atoms with E-state index in [1.807, 2.05) is 18.2 Å². The number of hydrogen-bond acceptors (Lipinski definition) is 2. The number of likely N-dealkylation sites (tertiary alicyclic amines) is 1. The largest absolute Gasteiger partial charge is 0.325 e. The average molecular weight is 260 g/mol. The first-order valence-corrected chi connectivity index (χ1v) is 7.28. The van der Waals surface area contributed by atoms with E-state index in [1.54, 1.807) is 0 Å². The van der Waals surface area contributed by atoms with E-state index in [9.17, 15) is 4.79 Å². The molecular weight excluding hydrogens is 236 g/mol. The van der Waals surface area contributed by atoms with Crippen molar-refractivity contribution in [3.05, 3.63) is 29.8 Å². The lowest BCUT2D eigenvalue weighted by molar-refractivity contribution is -0.117. The molecule has 0 radical (unpaired) electrons. The number of carbonyl (C=O) groups is 1. The summed E-state index contributed by atoms with van der Waals surface area (Å²) in [4.78, 5) is 14.3. The monoisotopic (exact) mass is 260 g/mol. The molecule has 0 aromatic heterocycles. The zero-order valence-electron chi connectivity index (χ0n) is 12.0. The standard InChI is InChI=1S/C16H24N2O/c1-13(2)14-8-4-5-9-15(14)17-16(19)12-18-10-6-3-7-11-18/h4-5,8-9,13H,3,6-7,10-12H2,1-2H3,(H,17,19). The van der Waals surface area contributed by atoms with Gasteiger partial charge in [-0.05, 0) is 43.5 Å². The Labute approximate surface area is 116 Å². The van der Waals surface area contributed by atoms with E-state index in [4.69, 9.17) is 0 Å². The summed E-state index contributed by atoms with van der Waals surface area (Å²) in [7, 11) is 0. The molecule has 0 atom stereocenters. The molecular formula is C16H24N2O. The Hall–Kier alpha value is -1.35. The summed E-state index contributed by atoms with van der Waals surface area (Å²) >= 11 is 0. The van der Waals surface area contributed by atoms with Gasteiger partial charge < -0.3 is 5.32 Å². The third-order valence-electron chi connectivity index (χ3n) is 3.67. The molecule has 0 spiro atoms. The van der Waals surface area contributed by atoms with Gasteiger partial charge in [-0.3, -0.25) is 9.69 Å². The van der Waals surface area contributed by atoms with Crippen LogP contribution in [0.15, 0.2) is 24.3 Å². The number of hydrogen-bond donors (Lipinski definition) is 1. The number of piperidine rings is 1. The highest BCUT2D eigenvalue weighted by atomic mass is 16.2. The first-order valence-electron chi connectivity index (χ1n) is 7.28. The maximum Gasteiger partial charge on any atom is 0.238 e. The maximum absolute atomic E-state index is 12.1. The Bertz CT molecular complexity index is 423. The van der Waals surface area contributed by atoms with Crippen molar-refractivity contribution in [2.75, 3.05) is 25.0 Å². The Balaban J connectivity index is 1.94. The average Bonchev–Trinajstić information content (AvgIpc) is 2.40. The van der Waals surface area contributed by atoms with Gasteiger partial charge in [0, 0.05) is 5.69 Å². The van der Waals surface area contributed by atoms with Crippen LogP contribution in [0.3, 0.4) is 0 Å². The number of nitrogens with one attached hydrogen (secondary N) is 1. The second kappa shape index (κ2) is 6.71. The molecule has 1 aromatic rings. The van der Waals surface area contributed by atoms with Gasteiger partial charge in [0.25, 0.3) is 0 Å². The highest BCUT2D eigenvalue weighted by Crippen LogP contribution is 2.23. The molecule has 1 aromatic carbocycles. The third kappa shape index (κ3) is 4.06. The fourth-order valence-electron chi connectivity index (χ4n) is 2.62. The fourth-order valence-corrected chi connectivity index (χ4v) is 2.62. The molecule has 0 bridgehead atoms. The Morgan fingerprint density at radius 3 is 2.58 bits per heavy atom. The fraction of sp³-hybridized carbons (Fsp3) is 0.562. The summed E-state index contributed by atoms with van der Waals surface area (Å²) in [5.74, 6) is 0.529. The second-order valence-electron chi connectivity index (χ2n) is 5.63. The smallest absolute Gasteiger partial charge is 0.238 e. The van der Waals surface area contributed by atoms with Crippen LogP contribution in [0.25, 0.3) is 0 Å². The van der Waals surface area contributed by atoms with Crippen molar-refractivity contribution in [1.29, 1.82) is 0 Å². The molecule has 104 valence electrons. The molecule has 0 unspecified atom stereocenters. The summed E-state index contributed by atoms with van der Waals surface area (Å²) in [5.41, 5.74) is 2.16. The molecule has 3 nitrogen and oxygen atoms in total. The molecule has 19 heavy (non-hydrogen) atoms. The number of anilines is 1. The predicted octanol–water partition coefficient (Wildman–Crippen LogP) is 3.23. The molecule has 1 aliphatic heterocycles.